The summed E-state index contributed by atoms with van der Waals surface area (Å²) in [7, 11) is 0. The van der Waals surface area contributed by atoms with Gasteiger partial charge in [-0.05, 0) is 54.4 Å². The first-order valence-corrected chi connectivity index (χ1v) is 12.9. The summed E-state index contributed by atoms with van der Waals surface area (Å²) in [6, 6.07) is 12.6. The molecular weight excluding hydrogens is 470 g/mol. The lowest BCUT2D eigenvalue weighted by molar-refractivity contribution is -0.0420. The number of hydrogen-bond acceptors (Lipinski definition) is 8. The average Bonchev–Trinajstić information content (AvgIpc) is 3.15. The average molecular weight is 502 g/mol. The Morgan fingerprint density at radius 1 is 1.11 bits per heavy atom. The van der Waals surface area contributed by atoms with Gasteiger partial charge in [0.1, 0.15) is 11.3 Å². The number of nitrogens with one attached hydrogen (secondary N) is 2. The summed E-state index contributed by atoms with van der Waals surface area (Å²) >= 11 is 0. The summed E-state index contributed by atoms with van der Waals surface area (Å²) in [5.41, 5.74) is 8.56. The Kier molecular flexibility index (Phi) is 6.25. The summed E-state index contributed by atoms with van der Waals surface area (Å²) in [6.07, 6.45) is 6.37. The minimum Gasteiger partial charge on any atom is -0.463 e. The lowest BCUT2D eigenvalue weighted by atomic mass is 9.52. The minimum atomic E-state index is -0.328. The molecule has 3 fully saturated rings. The van der Waals surface area contributed by atoms with Gasteiger partial charge in [0, 0.05) is 24.8 Å². The van der Waals surface area contributed by atoms with Crippen LogP contribution in [-0.4, -0.2) is 37.2 Å². The molecule has 3 saturated carbocycles. The van der Waals surface area contributed by atoms with Crippen molar-refractivity contribution in [3.63, 3.8) is 0 Å². The van der Waals surface area contributed by atoms with Crippen LogP contribution in [0, 0.1) is 11.8 Å². The molecule has 3 heterocycles. The highest BCUT2D eigenvalue weighted by atomic mass is 16.5. The van der Waals surface area contributed by atoms with Gasteiger partial charge in [0.2, 0.25) is 5.88 Å². The zero-order valence-electron chi connectivity index (χ0n) is 20.8. The first kappa shape index (κ1) is 23.5. The van der Waals surface area contributed by atoms with Gasteiger partial charge in [0.15, 0.2) is 11.5 Å². The molecule has 0 atom stereocenters. The predicted octanol–water partition coefficient (Wildman–Crippen LogP) is 3.61. The first-order valence-electron chi connectivity index (χ1n) is 12.9. The maximum atomic E-state index is 12.6. The molecule has 0 unspecified atom stereocenters. The Bertz CT molecular complexity index is 1430. The van der Waals surface area contributed by atoms with Crippen molar-refractivity contribution in [2.24, 2.45) is 11.8 Å². The van der Waals surface area contributed by atoms with Gasteiger partial charge in [-0.3, -0.25) is 4.57 Å². The number of fused-ring (bicyclic) bond motifs is 1. The second-order valence-corrected chi connectivity index (χ2v) is 9.96. The number of nitrogens with two attached hydrogens (primary N) is 1. The molecule has 4 N–H and O–H groups in total. The van der Waals surface area contributed by atoms with Gasteiger partial charge in [-0.1, -0.05) is 31.5 Å². The number of H-pyrrole nitrogens is 1. The van der Waals surface area contributed by atoms with Crippen LogP contribution in [0.4, 0.5) is 5.82 Å². The number of ether oxygens (including phenoxy) is 2. The van der Waals surface area contributed by atoms with Crippen molar-refractivity contribution in [2.75, 3.05) is 12.3 Å². The standard InChI is InChI=1S/C27H31N7O3/c1-2-3-10-36-26-32-24(28)23-25(33-26)34(27(35)31-23)15-17-6-9-21(29-14-17)37-20-7-4-16(5-8-20)13-30-22-18-11-19(22)12-18/h4-9,14,18-19,22,30H,2-3,10-13,15H2,1H3,(H,31,35)(H2,28,32,33). The Hall–Kier alpha value is -3.92. The van der Waals surface area contributed by atoms with E-state index in [-0.39, 0.29) is 24.1 Å². The maximum absolute atomic E-state index is 12.6. The molecule has 0 aliphatic heterocycles. The van der Waals surface area contributed by atoms with Crippen molar-refractivity contribution in [2.45, 2.75) is 51.7 Å². The highest BCUT2D eigenvalue weighted by Gasteiger charge is 2.51. The molecule has 1 aromatic carbocycles. The van der Waals surface area contributed by atoms with Crippen molar-refractivity contribution >= 4 is 17.0 Å². The number of nitrogens with zero attached hydrogens (tertiary/aromatic N) is 4. The predicted molar refractivity (Wildman–Crippen MR) is 140 cm³/mol. The van der Waals surface area contributed by atoms with E-state index in [0.29, 0.717) is 23.7 Å². The van der Waals surface area contributed by atoms with Crippen molar-refractivity contribution in [1.29, 1.82) is 0 Å². The SMILES string of the molecule is CCCCOc1nc(N)c2[nH]c(=O)n(Cc3ccc(Oc4ccc(CNC5C6CC5C6)cc4)nc3)c2n1. The minimum absolute atomic E-state index is 0.162. The van der Waals surface area contributed by atoms with Crippen LogP contribution in [0.2, 0.25) is 0 Å². The van der Waals surface area contributed by atoms with Crippen LogP contribution < -0.4 is 26.2 Å². The largest absolute Gasteiger partial charge is 0.463 e. The highest BCUT2D eigenvalue weighted by molar-refractivity contribution is 5.81. The summed E-state index contributed by atoms with van der Waals surface area (Å²) in [4.78, 5) is 28.3. The van der Waals surface area contributed by atoms with Gasteiger partial charge in [-0.25, -0.2) is 9.78 Å². The second kappa shape index (κ2) is 9.85. The fourth-order valence-electron chi connectivity index (χ4n) is 4.95. The molecule has 0 spiro atoms. The topological polar surface area (TPSA) is 133 Å². The summed E-state index contributed by atoms with van der Waals surface area (Å²) in [5.74, 6) is 3.20. The number of nitrogen functional groups attached to an aromatic ring is 1. The summed E-state index contributed by atoms with van der Waals surface area (Å²) in [5, 5.41) is 3.66. The number of rotatable bonds is 11. The normalized spacial score (nSPS) is 19.9. The van der Waals surface area contributed by atoms with Crippen LogP contribution in [0.25, 0.3) is 11.2 Å². The number of benzene rings is 1. The van der Waals surface area contributed by atoms with Gasteiger partial charge < -0.3 is 25.5 Å². The Morgan fingerprint density at radius 3 is 2.57 bits per heavy atom. The van der Waals surface area contributed by atoms with Gasteiger partial charge in [-0.2, -0.15) is 9.97 Å². The molecular formula is C27H31N7O3. The Labute approximate surface area is 214 Å². The monoisotopic (exact) mass is 501 g/mol. The van der Waals surface area contributed by atoms with Gasteiger partial charge in [0.05, 0.1) is 13.2 Å². The summed E-state index contributed by atoms with van der Waals surface area (Å²) < 4.78 is 13.0. The number of hydrogen-bond donors (Lipinski definition) is 3. The van der Waals surface area contributed by atoms with Crippen LogP contribution in [0.5, 0.6) is 17.6 Å². The van der Waals surface area contributed by atoms with E-state index in [9.17, 15) is 4.79 Å². The van der Waals surface area contributed by atoms with E-state index in [1.807, 2.05) is 18.2 Å². The van der Waals surface area contributed by atoms with E-state index in [1.165, 1.54) is 23.0 Å². The Morgan fingerprint density at radius 2 is 1.89 bits per heavy atom. The molecule has 37 heavy (non-hydrogen) atoms. The van der Waals surface area contributed by atoms with E-state index in [0.717, 1.165) is 48.6 Å². The van der Waals surface area contributed by atoms with Crippen molar-refractivity contribution in [1.82, 2.24) is 29.8 Å². The molecule has 0 radical (unpaired) electrons. The van der Waals surface area contributed by atoms with Gasteiger partial charge >= 0.3 is 11.7 Å². The zero-order chi connectivity index (χ0) is 25.4. The number of pyridine rings is 1. The second-order valence-electron chi connectivity index (χ2n) is 9.96. The van der Waals surface area contributed by atoms with Crippen molar-refractivity contribution < 1.29 is 9.47 Å². The lowest BCUT2D eigenvalue weighted by Gasteiger charge is -2.58. The van der Waals surface area contributed by atoms with Gasteiger partial charge in [-0.15, -0.1) is 0 Å². The van der Waals surface area contributed by atoms with Crippen LogP contribution in [0.3, 0.4) is 0 Å². The maximum Gasteiger partial charge on any atom is 0.328 e. The third-order valence-electron chi connectivity index (χ3n) is 7.41. The van der Waals surface area contributed by atoms with E-state index in [4.69, 9.17) is 15.2 Å². The van der Waals surface area contributed by atoms with E-state index < -0.39 is 0 Å². The van der Waals surface area contributed by atoms with Crippen molar-refractivity contribution in [3.8, 4) is 17.6 Å². The van der Waals surface area contributed by atoms with E-state index in [1.54, 1.807) is 12.3 Å². The zero-order valence-corrected chi connectivity index (χ0v) is 20.8. The fraction of sp³-hybridized carbons (Fsp3) is 0.407. The number of imidazole rings is 1. The molecule has 0 saturated heterocycles. The number of aromatic amines is 1. The highest BCUT2D eigenvalue weighted by Crippen LogP contribution is 2.53. The molecule has 3 aliphatic rings. The molecule has 10 heteroatoms. The summed E-state index contributed by atoms with van der Waals surface area (Å²) in [6.45, 7) is 3.72. The lowest BCUT2D eigenvalue weighted by Crippen LogP contribution is -2.61. The van der Waals surface area contributed by atoms with Crippen LogP contribution in [0.1, 0.15) is 43.7 Å². The molecule has 192 valence electrons. The van der Waals surface area contributed by atoms with Crippen LogP contribution in [-0.2, 0) is 13.1 Å². The number of unbranched alkanes of at least 4 members (excludes halogenated alkanes) is 1. The quantitative estimate of drug-likeness (QED) is 0.266. The van der Waals surface area contributed by atoms with E-state index >= 15 is 0 Å². The molecule has 7 rings (SSSR count). The van der Waals surface area contributed by atoms with Gasteiger partial charge in [0.25, 0.3) is 0 Å². The van der Waals surface area contributed by atoms with E-state index in [2.05, 4.69) is 44.3 Å². The molecule has 3 aromatic heterocycles. The molecule has 2 bridgehead atoms. The Balaban J connectivity index is 1.10. The van der Waals surface area contributed by atoms with Crippen molar-refractivity contribution in [3.05, 3.63) is 64.2 Å². The fourth-order valence-corrected chi connectivity index (χ4v) is 4.95. The molecule has 3 aliphatic carbocycles. The molecule has 4 aromatic rings. The third-order valence-corrected chi connectivity index (χ3v) is 7.41. The molecule has 10 nitrogen and oxygen atoms in total. The third kappa shape index (κ3) is 4.76. The number of aromatic nitrogens is 5. The van der Waals surface area contributed by atoms with Crippen LogP contribution in [0.15, 0.2) is 47.4 Å². The van der Waals surface area contributed by atoms with Crippen LogP contribution >= 0.6 is 0 Å². The molecule has 0 amide bonds. The first-order chi connectivity index (χ1) is 18.1. The number of anilines is 1. The smallest absolute Gasteiger partial charge is 0.328 e.